The van der Waals surface area contributed by atoms with Crippen molar-refractivity contribution in [3.8, 4) is 0 Å². The first-order chi connectivity index (χ1) is 22.3. The minimum atomic E-state index is -2.12. The van der Waals surface area contributed by atoms with E-state index in [1.807, 2.05) is 6.92 Å². The highest BCUT2D eigenvalue weighted by Gasteiger charge is 2.96. The van der Waals surface area contributed by atoms with E-state index in [1.165, 1.54) is 28.3 Å². The molecule has 0 aromatic heterocycles. The number of aliphatic hydroxyl groups excluding tert-OH is 2. The second-order valence-electron chi connectivity index (χ2n) is 14.6. The number of hydrogen-bond donors (Lipinski definition) is 4. The average Bonchev–Trinajstić information content (AvgIpc) is 3.39. The Kier molecular flexibility index (Phi) is 7.72. The highest BCUT2D eigenvalue weighted by atomic mass is 16.6. The molecule has 5 saturated carbocycles. The first kappa shape index (κ1) is 33.3. The van der Waals surface area contributed by atoms with Crippen molar-refractivity contribution in [3.05, 3.63) is 35.9 Å². The smallest absolute Gasteiger partial charge is 0.338 e. The maximum atomic E-state index is 13.8. The standard InChI is InChI=1S/C34H47NO12/c1-7-35-15-30(16-42-3)19(37)13-20(43-4)33-23(30)22(44-5)21(25(33)35)34(47-17(2)36)24-27(46-29(39)18-11-9-8-10-12-18)31(40,14-32(24,33)41)28(45-6)26(34)38/h8-12,19-28,37-38,40-41H,7,13-16H2,1-6H3/t19?,20-,21?,22-,23+,24?,25?,26-,27-,28-,30-,31-,32-,33?,34-/m0/s1. The predicted octanol–water partition coefficient (Wildman–Crippen LogP) is -0.237. The van der Waals surface area contributed by atoms with Crippen molar-refractivity contribution in [1.29, 1.82) is 0 Å². The van der Waals surface area contributed by atoms with E-state index in [2.05, 4.69) is 4.90 Å². The SMILES string of the molecule is CCN1C[C@]2(COC)C(O)C[C@H](OC)C34C1C([C@H](OC)[C@@H]32)[C@]1(OC(C)=O)C2[C@H](OC(=O)c3ccccc3)[C@@](O)(C[C@]24O)[C@@H](OC)[C@@H]1O. The van der Waals surface area contributed by atoms with Gasteiger partial charge in [0, 0.05) is 83.5 Å². The number of likely N-dealkylation sites (tertiary alicyclic amines) is 1. The molecule has 7 rings (SSSR count). The normalized spacial score (nSPS) is 50.7. The first-order valence-electron chi connectivity index (χ1n) is 16.4. The van der Waals surface area contributed by atoms with Gasteiger partial charge in [-0.25, -0.2) is 4.79 Å². The molecule has 13 nitrogen and oxygen atoms in total. The number of rotatable bonds is 9. The number of ether oxygens (including phenoxy) is 6. The van der Waals surface area contributed by atoms with Crippen LogP contribution in [0.2, 0.25) is 0 Å². The zero-order valence-corrected chi connectivity index (χ0v) is 27.7. The molecule has 5 aliphatic carbocycles. The van der Waals surface area contributed by atoms with Gasteiger partial charge < -0.3 is 48.8 Å². The fourth-order valence-electron chi connectivity index (χ4n) is 12.3. The van der Waals surface area contributed by atoms with Crippen LogP contribution in [0.1, 0.15) is 37.0 Å². The Morgan fingerprint density at radius 2 is 1.68 bits per heavy atom. The zero-order chi connectivity index (χ0) is 33.9. The largest absolute Gasteiger partial charge is 0.455 e. The topological polar surface area (TPSA) is 174 Å². The summed E-state index contributed by atoms with van der Waals surface area (Å²) in [4.78, 5) is 29.2. The molecule has 0 amide bonds. The number of benzene rings is 1. The number of nitrogens with zero attached hydrogens (tertiary/aromatic N) is 1. The van der Waals surface area contributed by atoms with Gasteiger partial charge >= 0.3 is 11.9 Å². The fourth-order valence-corrected chi connectivity index (χ4v) is 12.3. The van der Waals surface area contributed by atoms with E-state index in [9.17, 15) is 30.0 Å². The summed E-state index contributed by atoms with van der Waals surface area (Å²) >= 11 is 0. The minimum Gasteiger partial charge on any atom is -0.455 e. The van der Waals surface area contributed by atoms with Gasteiger partial charge in [-0.2, -0.15) is 0 Å². The van der Waals surface area contributed by atoms with Crippen LogP contribution < -0.4 is 0 Å². The summed E-state index contributed by atoms with van der Waals surface area (Å²) in [5, 5.41) is 51.1. The van der Waals surface area contributed by atoms with Crippen LogP contribution in [0.3, 0.4) is 0 Å². The van der Waals surface area contributed by atoms with Gasteiger partial charge in [-0.05, 0) is 18.7 Å². The lowest BCUT2D eigenvalue weighted by molar-refractivity contribution is -0.355. The summed E-state index contributed by atoms with van der Waals surface area (Å²) in [6.07, 6.45) is -7.38. The number of carbonyl (C=O) groups is 2. The molecule has 1 heterocycles. The highest BCUT2D eigenvalue weighted by Crippen LogP contribution is 2.81. The third-order valence-electron chi connectivity index (χ3n) is 13.2. The van der Waals surface area contributed by atoms with Gasteiger partial charge in [0.05, 0.1) is 42.0 Å². The number of carbonyl (C=O) groups excluding carboxylic acids is 2. The maximum absolute atomic E-state index is 13.8. The molecule has 1 spiro atoms. The number of hydrogen-bond acceptors (Lipinski definition) is 13. The van der Waals surface area contributed by atoms with Crippen LogP contribution in [0.4, 0.5) is 0 Å². The Bertz CT molecular complexity index is 1410. The summed E-state index contributed by atoms with van der Waals surface area (Å²) in [7, 11) is 5.94. The van der Waals surface area contributed by atoms with Crippen molar-refractivity contribution in [2.75, 3.05) is 48.1 Å². The Morgan fingerprint density at radius 3 is 2.26 bits per heavy atom. The molecule has 1 aromatic rings. The molecular weight excluding hydrogens is 614 g/mol. The summed E-state index contributed by atoms with van der Waals surface area (Å²) < 4.78 is 36.9. The number of piperidine rings is 1. The molecule has 5 unspecified atom stereocenters. The van der Waals surface area contributed by atoms with E-state index < -0.39 is 106 Å². The molecule has 0 radical (unpaired) electrons. The van der Waals surface area contributed by atoms with Crippen LogP contribution in [0.5, 0.6) is 0 Å². The van der Waals surface area contributed by atoms with Crippen LogP contribution in [0.15, 0.2) is 30.3 Å². The van der Waals surface area contributed by atoms with Crippen LogP contribution in [0.25, 0.3) is 0 Å². The van der Waals surface area contributed by atoms with Gasteiger partial charge in [-0.15, -0.1) is 0 Å². The van der Waals surface area contributed by atoms with E-state index >= 15 is 0 Å². The molecule has 1 saturated heterocycles. The van der Waals surface area contributed by atoms with E-state index in [0.717, 1.165) is 0 Å². The molecule has 4 N–H and O–H groups in total. The van der Waals surface area contributed by atoms with Crippen LogP contribution >= 0.6 is 0 Å². The van der Waals surface area contributed by atoms with Gasteiger partial charge in [-0.3, -0.25) is 9.69 Å². The van der Waals surface area contributed by atoms with Crippen LogP contribution in [-0.2, 0) is 33.2 Å². The molecule has 15 atom stereocenters. The molecule has 7 bridgehead atoms. The van der Waals surface area contributed by atoms with Crippen molar-refractivity contribution in [1.82, 2.24) is 4.90 Å². The molecule has 47 heavy (non-hydrogen) atoms. The quantitative estimate of drug-likeness (QED) is 0.256. The second-order valence-corrected chi connectivity index (χ2v) is 14.6. The summed E-state index contributed by atoms with van der Waals surface area (Å²) in [5.41, 5.74) is -8.15. The zero-order valence-electron chi connectivity index (χ0n) is 27.7. The predicted molar refractivity (Wildman–Crippen MR) is 162 cm³/mol. The molecule has 6 fully saturated rings. The Labute approximate surface area is 274 Å². The van der Waals surface area contributed by atoms with Crippen LogP contribution in [0, 0.1) is 28.6 Å². The third kappa shape index (κ3) is 3.65. The summed E-state index contributed by atoms with van der Waals surface area (Å²) in [6, 6.07) is 7.64. The third-order valence-corrected chi connectivity index (χ3v) is 13.2. The monoisotopic (exact) mass is 661 g/mol. The first-order valence-corrected chi connectivity index (χ1v) is 16.4. The second kappa shape index (κ2) is 10.9. The molecule has 6 aliphatic rings. The van der Waals surface area contributed by atoms with Crippen LogP contribution in [-0.4, -0.2) is 145 Å². The Balaban J connectivity index is 1.57. The van der Waals surface area contributed by atoms with Gasteiger partial charge in [0.2, 0.25) is 0 Å². The fraction of sp³-hybridized carbons (Fsp3) is 0.765. The lowest BCUT2D eigenvalue weighted by Gasteiger charge is -2.72. The summed E-state index contributed by atoms with van der Waals surface area (Å²) in [6.45, 7) is 4.15. The van der Waals surface area contributed by atoms with Crippen molar-refractivity contribution in [2.45, 2.75) is 86.2 Å². The van der Waals surface area contributed by atoms with Crippen molar-refractivity contribution >= 4 is 11.9 Å². The number of fused-ring (bicyclic) bond motifs is 2. The maximum Gasteiger partial charge on any atom is 0.338 e. The molecule has 13 heteroatoms. The molecule has 1 aliphatic heterocycles. The van der Waals surface area contributed by atoms with Crippen molar-refractivity contribution < 1.29 is 58.4 Å². The Hall–Kier alpha value is -2.20. The van der Waals surface area contributed by atoms with Crippen molar-refractivity contribution in [3.63, 3.8) is 0 Å². The molecule has 1 aromatic carbocycles. The van der Waals surface area contributed by atoms with E-state index in [4.69, 9.17) is 28.4 Å². The number of methoxy groups -OCH3 is 4. The van der Waals surface area contributed by atoms with E-state index in [-0.39, 0.29) is 18.6 Å². The van der Waals surface area contributed by atoms with Gasteiger partial charge in [0.25, 0.3) is 0 Å². The lowest BCUT2D eigenvalue weighted by Crippen LogP contribution is -2.85. The average molecular weight is 662 g/mol. The number of aliphatic hydroxyl groups is 4. The Morgan fingerprint density at radius 1 is 0.979 bits per heavy atom. The highest BCUT2D eigenvalue weighted by molar-refractivity contribution is 5.89. The van der Waals surface area contributed by atoms with Gasteiger partial charge in [-0.1, -0.05) is 25.1 Å². The lowest BCUT2D eigenvalue weighted by atomic mass is 9.40. The minimum absolute atomic E-state index is 0.119. The molecular formula is C34H47NO12. The van der Waals surface area contributed by atoms with Crippen molar-refractivity contribution in [2.24, 2.45) is 28.6 Å². The molecule has 260 valence electrons. The van der Waals surface area contributed by atoms with E-state index in [0.29, 0.717) is 13.1 Å². The number of esters is 2. The van der Waals surface area contributed by atoms with Gasteiger partial charge in [0.15, 0.2) is 5.60 Å². The van der Waals surface area contributed by atoms with E-state index in [1.54, 1.807) is 37.4 Å². The summed E-state index contributed by atoms with van der Waals surface area (Å²) in [5.74, 6) is -4.34. The van der Waals surface area contributed by atoms with Gasteiger partial charge in [0.1, 0.15) is 23.9 Å².